The average molecular weight is 248 g/mol. The predicted octanol–water partition coefficient (Wildman–Crippen LogP) is 3.88. The Hall–Kier alpha value is -1.02. The van der Waals surface area contributed by atoms with E-state index in [0.717, 1.165) is 31.4 Å². The van der Waals surface area contributed by atoms with Gasteiger partial charge < -0.3 is 9.84 Å². The van der Waals surface area contributed by atoms with Crippen LogP contribution in [0.2, 0.25) is 0 Å². The molecule has 0 saturated heterocycles. The van der Waals surface area contributed by atoms with E-state index in [2.05, 4.69) is 26.0 Å². The van der Waals surface area contributed by atoms with Gasteiger partial charge in [0.15, 0.2) is 0 Å². The minimum Gasteiger partial charge on any atom is -0.491 e. The number of benzene rings is 1. The highest BCUT2D eigenvalue weighted by atomic mass is 16.5. The van der Waals surface area contributed by atoms with E-state index in [-0.39, 0.29) is 12.2 Å². The van der Waals surface area contributed by atoms with E-state index in [0.29, 0.717) is 5.92 Å². The van der Waals surface area contributed by atoms with Gasteiger partial charge in [-0.05, 0) is 43.9 Å². The van der Waals surface area contributed by atoms with E-state index < -0.39 is 0 Å². The summed E-state index contributed by atoms with van der Waals surface area (Å²) in [4.78, 5) is 0. The molecule has 1 unspecified atom stereocenters. The lowest BCUT2D eigenvalue weighted by molar-refractivity contribution is 0.106. The van der Waals surface area contributed by atoms with Crippen LogP contribution in [0.3, 0.4) is 0 Å². The van der Waals surface area contributed by atoms with Gasteiger partial charge in [-0.25, -0.2) is 0 Å². The van der Waals surface area contributed by atoms with Crippen LogP contribution in [0.15, 0.2) is 24.3 Å². The summed E-state index contributed by atoms with van der Waals surface area (Å²) in [5.41, 5.74) is 1.25. The molecule has 0 heterocycles. The molecule has 18 heavy (non-hydrogen) atoms. The van der Waals surface area contributed by atoms with Crippen molar-refractivity contribution in [3.63, 3.8) is 0 Å². The van der Waals surface area contributed by atoms with Crippen molar-refractivity contribution in [2.24, 2.45) is 0 Å². The number of hydrogen-bond donors (Lipinski definition) is 1. The summed E-state index contributed by atoms with van der Waals surface area (Å²) in [6.07, 6.45) is 5.54. The molecule has 1 fully saturated rings. The predicted molar refractivity (Wildman–Crippen MR) is 74.0 cm³/mol. The minimum atomic E-state index is -0.167. The van der Waals surface area contributed by atoms with Crippen LogP contribution in [0.1, 0.15) is 57.4 Å². The molecule has 0 bridgehead atoms. The molecule has 0 aliphatic heterocycles. The molecule has 3 atom stereocenters. The molecular weight excluding hydrogens is 224 g/mol. The van der Waals surface area contributed by atoms with Crippen LogP contribution in [0.5, 0.6) is 5.75 Å². The molecule has 0 amide bonds. The fourth-order valence-electron chi connectivity index (χ4n) is 2.61. The van der Waals surface area contributed by atoms with Crippen molar-refractivity contribution in [1.29, 1.82) is 0 Å². The summed E-state index contributed by atoms with van der Waals surface area (Å²) in [5.74, 6) is 1.25. The van der Waals surface area contributed by atoms with E-state index in [1.54, 1.807) is 0 Å². The number of rotatable bonds is 4. The van der Waals surface area contributed by atoms with Crippen LogP contribution in [-0.2, 0) is 0 Å². The van der Waals surface area contributed by atoms with E-state index in [1.807, 2.05) is 12.1 Å². The van der Waals surface area contributed by atoms with Crippen LogP contribution in [0, 0.1) is 0 Å². The standard InChI is InChI=1S/C16H24O2/c1-3-12(2)18-14-10-8-13(9-11-14)15-6-4-5-7-16(15)17/h8-12,15-17H,3-7H2,1-2H3/t12?,15-,16+/m0/s1. The van der Waals surface area contributed by atoms with Gasteiger partial charge in [-0.15, -0.1) is 0 Å². The zero-order valence-electron chi connectivity index (χ0n) is 11.4. The topological polar surface area (TPSA) is 29.5 Å². The maximum absolute atomic E-state index is 10.0. The molecular formula is C16H24O2. The van der Waals surface area contributed by atoms with Crippen molar-refractivity contribution in [1.82, 2.24) is 0 Å². The molecule has 1 N–H and O–H groups in total. The molecule has 0 radical (unpaired) electrons. The Kier molecular flexibility index (Phi) is 4.65. The van der Waals surface area contributed by atoms with Crippen molar-refractivity contribution in [3.8, 4) is 5.75 Å². The Balaban J connectivity index is 2.02. The third kappa shape index (κ3) is 3.26. The average Bonchev–Trinajstić information content (AvgIpc) is 2.40. The van der Waals surface area contributed by atoms with Gasteiger partial charge in [0.05, 0.1) is 12.2 Å². The molecule has 2 heteroatoms. The fraction of sp³-hybridized carbons (Fsp3) is 0.625. The molecule has 1 aliphatic carbocycles. The number of hydrogen-bond acceptors (Lipinski definition) is 2. The lowest BCUT2D eigenvalue weighted by Crippen LogP contribution is -2.22. The van der Waals surface area contributed by atoms with E-state index >= 15 is 0 Å². The van der Waals surface area contributed by atoms with Gasteiger partial charge in [0.1, 0.15) is 5.75 Å². The van der Waals surface area contributed by atoms with Crippen molar-refractivity contribution in [2.45, 2.75) is 64.1 Å². The molecule has 2 nitrogen and oxygen atoms in total. The Morgan fingerprint density at radius 2 is 1.89 bits per heavy atom. The van der Waals surface area contributed by atoms with Crippen LogP contribution in [0.25, 0.3) is 0 Å². The summed E-state index contributed by atoms with van der Waals surface area (Å²) in [6.45, 7) is 4.20. The second-order valence-electron chi connectivity index (χ2n) is 5.36. The zero-order chi connectivity index (χ0) is 13.0. The molecule has 2 rings (SSSR count). The number of aliphatic hydroxyl groups is 1. The highest BCUT2D eigenvalue weighted by Gasteiger charge is 2.24. The SMILES string of the molecule is CCC(C)Oc1ccc([C@@H]2CCCC[C@H]2O)cc1. The number of aliphatic hydroxyl groups excluding tert-OH is 1. The normalized spacial score (nSPS) is 25.7. The molecule has 1 saturated carbocycles. The summed E-state index contributed by atoms with van der Waals surface area (Å²) < 4.78 is 5.77. The first-order valence-electron chi connectivity index (χ1n) is 7.15. The Morgan fingerprint density at radius 1 is 1.22 bits per heavy atom. The summed E-state index contributed by atoms with van der Waals surface area (Å²) in [6, 6.07) is 8.28. The first-order chi connectivity index (χ1) is 8.70. The second-order valence-corrected chi connectivity index (χ2v) is 5.36. The van der Waals surface area contributed by atoms with Crippen LogP contribution in [-0.4, -0.2) is 17.3 Å². The molecule has 1 aromatic carbocycles. The molecule has 0 spiro atoms. The maximum Gasteiger partial charge on any atom is 0.119 e. The molecule has 100 valence electrons. The zero-order valence-corrected chi connectivity index (χ0v) is 11.4. The maximum atomic E-state index is 10.0. The van der Waals surface area contributed by atoms with Crippen LogP contribution in [0.4, 0.5) is 0 Å². The lowest BCUT2D eigenvalue weighted by atomic mass is 9.82. The molecule has 1 aromatic rings. The summed E-state index contributed by atoms with van der Waals surface area (Å²) in [7, 11) is 0. The van der Waals surface area contributed by atoms with Gasteiger partial charge in [-0.1, -0.05) is 31.9 Å². The second kappa shape index (κ2) is 6.24. The summed E-state index contributed by atoms with van der Waals surface area (Å²) >= 11 is 0. The van der Waals surface area contributed by atoms with Crippen molar-refractivity contribution >= 4 is 0 Å². The summed E-state index contributed by atoms with van der Waals surface area (Å²) in [5, 5.41) is 10.0. The fourth-order valence-corrected chi connectivity index (χ4v) is 2.61. The smallest absolute Gasteiger partial charge is 0.119 e. The van der Waals surface area contributed by atoms with Gasteiger partial charge in [0, 0.05) is 5.92 Å². The molecule has 0 aromatic heterocycles. The van der Waals surface area contributed by atoms with Gasteiger partial charge >= 0.3 is 0 Å². The molecule has 1 aliphatic rings. The first-order valence-corrected chi connectivity index (χ1v) is 7.15. The van der Waals surface area contributed by atoms with Gasteiger partial charge in [0.25, 0.3) is 0 Å². The highest BCUT2D eigenvalue weighted by molar-refractivity contribution is 5.30. The first kappa shape index (κ1) is 13.4. The van der Waals surface area contributed by atoms with Crippen molar-refractivity contribution in [2.75, 3.05) is 0 Å². The Bertz CT molecular complexity index is 358. The minimum absolute atomic E-state index is 0.167. The quantitative estimate of drug-likeness (QED) is 0.876. The third-order valence-corrected chi connectivity index (χ3v) is 3.95. The Morgan fingerprint density at radius 3 is 2.50 bits per heavy atom. The monoisotopic (exact) mass is 248 g/mol. The van der Waals surface area contributed by atoms with E-state index in [1.165, 1.54) is 12.0 Å². The third-order valence-electron chi connectivity index (χ3n) is 3.95. The highest BCUT2D eigenvalue weighted by Crippen LogP contribution is 2.33. The van der Waals surface area contributed by atoms with Gasteiger partial charge in [-0.2, -0.15) is 0 Å². The van der Waals surface area contributed by atoms with E-state index in [9.17, 15) is 5.11 Å². The number of ether oxygens (including phenoxy) is 1. The lowest BCUT2D eigenvalue weighted by Gasteiger charge is -2.28. The largest absolute Gasteiger partial charge is 0.491 e. The van der Waals surface area contributed by atoms with Crippen molar-refractivity contribution in [3.05, 3.63) is 29.8 Å². The van der Waals surface area contributed by atoms with Crippen LogP contribution >= 0.6 is 0 Å². The van der Waals surface area contributed by atoms with Crippen LogP contribution < -0.4 is 4.74 Å². The van der Waals surface area contributed by atoms with Gasteiger partial charge in [-0.3, -0.25) is 0 Å². The van der Waals surface area contributed by atoms with Gasteiger partial charge in [0.2, 0.25) is 0 Å². The Labute approximate surface area is 110 Å². The van der Waals surface area contributed by atoms with E-state index in [4.69, 9.17) is 4.74 Å². The van der Waals surface area contributed by atoms with Crippen molar-refractivity contribution < 1.29 is 9.84 Å².